The van der Waals surface area contributed by atoms with Crippen LogP contribution in [0.2, 0.25) is 0 Å². The van der Waals surface area contributed by atoms with Gasteiger partial charge in [-0.15, -0.1) is 0 Å². The van der Waals surface area contributed by atoms with Crippen LogP contribution in [0.5, 0.6) is 0 Å². The van der Waals surface area contributed by atoms with E-state index in [1.807, 2.05) is 35.0 Å². The lowest BCUT2D eigenvalue weighted by molar-refractivity contribution is 1.15. The molecule has 0 fully saturated rings. The highest BCUT2D eigenvalue weighted by molar-refractivity contribution is 6.19. The first kappa shape index (κ1) is 38.8. The Morgan fingerprint density at radius 1 is 0.333 bits per heavy atom. The molecule has 14 rings (SSSR count). The third-order valence-electron chi connectivity index (χ3n) is 14.0. The Balaban J connectivity index is 1.08. The van der Waals surface area contributed by atoms with Gasteiger partial charge in [-0.1, -0.05) is 182 Å². The zero-order valence-corrected chi connectivity index (χ0v) is 37.3. The van der Waals surface area contributed by atoms with Crippen molar-refractivity contribution in [2.24, 2.45) is 9.98 Å². The van der Waals surface area contributed by atoms with Gasteiger partial charge in [-0.05, 0) is 93.0 Å². The fourth-order valence-corrected chi connectivity index (χ4v) is 11.1. The average Bonchev–Trinajstić information content (AvgIpc) is 4.05. The molecule has 0 amide bonds. The van der Waals surface area contributed by atoms with E-state index in [0.717, 1.165) is 88.1 Å². The molecular formula is C63H40N6. The van der Waals surface area contributed by atoms with Crippen LogP contribution in [0.1, 0.15) is 5.56 Å². The average molecular weight is 881 g/mol. The summed E-state index contributed by atoms with van der Waals surface area (Å²) in [7, 11) is 0. The number of para-hydroxylation sites is 6. The quantitative estimate of drug-likeness (QED) is 0.133. The lowest BCUT2D eigenvalue weighted by Gasteiger charge is -2.25. The fourth-order valence-electron chi connectivity index (χ4n) is 11.1. The second-order valence-electron chi connectivity index (χ2n) is 17.7. The highest BCUT2D eigenvalue weighted by Crippen LogP contribution is 2.49. The van der Waals surface area contributed by atoms with Crippen molar-refractivity contribution in [3.63, 3.8) is 0 Å². The molecule has 1 N–H and O–H groups in total. The van der Waals surface area contributed by atoms with Gasteiger partial charge in [0.15, 0.2) is 0 Å². The van der Waals surface area contributed by atoms with Crippen molar-refractivity contribution in [1.29, 1.82) is 5.41 Å². The summed E-state index contributed by atoms with van der Waals surface area (Å²) in [5.41, 5.74) is 17.1. The molecule has 0 radical (unpaired) electrons. The summed E-state index contributed by atoms with van der Waals surface area (Å²) in [6, 6.07) is 81.6. The zero-order chi connectivity index (χ0) is 45.6. The molecule has 69 heavy (non-hydrogen) atoms. The molecule has 1 aliphatic rings. The molecule has 6 heteroatoms. The number of rotatable bonds is 2. The molecular weight excluding hydrogens is 841 g/mol. The molecule has 13 aromatic rings. The van der Waals surface area contributed by atoms with Crippen LogP contribution in [-0.4, -0.2) is 31.8 Å². The van der Waals surface area contributed by atoms with E-state index in [-0.39, 0.29) is 5.96 Å². The summed E-state index contributed by atoms with van der Waals surface area (Å²) in [5.74, 6) is 0.435. The van der Waals surface area contributed by atoms with Gasteiger partial charge in [0, 0.05) is 44.1 Å². The van der Waals surface area contributed by atoms with Crippen LogP contribution < -0.4 is 0 Å². The van der Waals surface area contributed by atoms with E-state index in [0.29, 0.717) is 5.96 Å². The number of fused-ring (bicyclic) bond motifs is 17. The first-order valence-corrected chi connectivity index (χ1v) is 23.3. The van der Waals surface area contributed by atoms with Crippen molar-refractivity contribution in [1.82, 2.24) is 13.7 Å². The van der Waals surface area contributed by atoms with Crippen LogP contribution in [0.25, 0.3) is 116 Å². The Hall–Kier alpha value is -9.39. The number of aromatic nitrogens is 3. The van der Waals surface area contributed by atoms with Crippen LogP contribution in [-0.2, 0) is 0 Å². The van der Waals surface area contributed by atoms with Crippen LogP contribution in [0.4, 0.5) is 0 Å². The van der Waals surface area contributed by atoms with Crippen LogP contribution in [0.15, 0.2) is 241 Å². The van der Waals surface area contributed by atoms with Gasteiger partial charge < -0.3 is 4.57 Å². The van der Waals surface area contributed by atoms with Gasteiger partial charge in [0.05, 0.1) is 38.8 Å². The van der Waals surface area contributed by atoms with Gasteiger partial charge in [0.2, 0.25) is 11.9 Å². The van der Waals surface area contributed by atoms with E-state index in [1.54, 1.807) is 0 Å². The molecule has 0 spiro atoms. The maximum Gasteiger partial charge on any atom is 0.237 e. The third-order valence-corrected chi connectivity index (χ3v) is 14.0. The van der Waals surface area contributed by atoms with Crippen molar-refractivity contribution in [2.45, 2.75) is 0 Å². The topological polar surface area (TPSA) is 63.4 Å². The Labute approximate surface area is 397 Å². The van der Waals surface area contributed by atoms with Crippen LogP contribution >= 0.6 is 0 Å². The lowest BCUT2D eigenvalue weighted by atomic mass is 9.80. The SMILES string of the molecule is N=C(N=C(N=Cc1cc2c(cc1-n1c3ccccc3c3ccccc31)-c1ccccc1-c1ccccc1-c1ccccc1-2)n1c2ccccc2c2ccccc21)n1c2ccccc2c2ccccc21. The highest BCUT2D eigenvalue weighted by Gasteiger charge is 2.25. The predicted octanol–water partition coefficient (Wildman–Crippen LogP) is 15.8. The molecule has 0 unspecified atom stereocenters. The van der Waals surface area contributed by atoms with Crippen molar-refractivity contribution in [3.05, 3.63) is 236 Å². The molecule has 0 aliphatic heterocycles. The maximum absolute atomic E-state index is 9.94. The van der Waals surface area contributed by atoms with E-state index in [1.165, 1.54) is 33.0 Å². The minimum Gasteiger partial charge on any atom is -0.309 e. The summed E-state index contributed by atoms with van der Waals surface area (Å²) in [6.45, 7) is 0. The smallest absolute Gasteiger partial charge is 0.237 e. The van der Waals surface area contributed by atoms with Gasteiger partial charge in [0.1, 0.15) is 0 Å². The van der Waals surface area contributed by atoms with Crippen molar-refractivity contribution >= 4 is 83.6 Å². The second-order valence-corrected chi connectivity index (χ2v) is 17.7. The number of hydrogen-bond acceptors (Lipinski definition) is 1. The summed E-state index contributed by atoms with van der Waals surface area (Å²) in [6.07, 6.45) is 1.97. The molecule has 0 atom stereocenters. The number of aliphatic imine (C=N–C) groups is 2. The predicted molar refractivity (Wildman–Crippen MR) is 289 cm³/mol. The molecule has 0 saturated carbocycles. The monoisotopic (exact) mass is 880 g/mol. The van der Waals surface area contributed by atoms with Crippen molar-refractivity contribution in [3.8, 4) is 50.2 Å². The van der Waals surface area contributed by atoms with Crippen LogP contribution in [0.3, 0.4) is 0 Å². The first-order valence-electron chi connectivity index (χ1n) is 23.3. The Kier molecular flexibility index (Phi) is 8.63. The Morgan fingerprint density at radius 2 is 0.638 bits per heavy atom. The number of nitrogens with one attached hydrogen (secondary N) is 1. The van der Waals surface area contributed by atoms with Gasteiger partial charge in [0.25, 0.3) is 0 Å². The van der Waals surface area contributed by atoms with Crippen molar-refractivity contribution in [2.75, 3.05) is 0 Å². The molecule has 322 valence electrons. The minimum absolute atomic E-state index is 0.0615. The second kappa shape index (κ2) is 15.3. The molecule has 10 aromatic carbocycles. The highest BCUT2D eigenvalue weighted by atomic mass is 15.2. The van der Waals surface area contributed by atoms with Crippen LogP contribution in [0, 0.1) is 5.41 Å². The van der Waals surface area contributed by atoms with E-state index in [9.17, 15) is 5.41 Å². The summed E-state index contributed by atoms with van der Waals surface area (Å²) in [4.78, 5) is 10.8. The summed E-state index contributed by atoms with van der Waals surface area (Å²) < 4.78 is 6.44. The number of benzene rings is 10. The molecule has 6 nitrogen and oxygen atoms in total. The van der Waals surface area contributed by atoms with E-state index in [2.05, 4.69) is 215 Å². The Bertz CT molecular complexity index is 4190. The third kappa shape index (κ3) is 5.89. The number of nitrogens with zero attached hydrogens (tertiary/aromatic N) is 5. The minimum atomic E-state index is 0.0615. The maximum atomic E-state index is 9.94. The lowest BCUT2D eigenvalue weighted by Crippen LogP contribution is -2.16. The summed E-state index contributed by atoms with van der Waals surface area (Å²) >= 11 is 0. The summed E-state index contributed by atoms with van der Waals surface area (Å²) in [5, 5.41) is 16.6. The van der Waals surface area contributed by atoms with E-state index >= 15 is 0 Å². The van der Waals surface area contributed by atoms with E-state index in [4.69, 9.17) is 9.98 Å². The van der Waals surface area contributed by atoms with Crippen molar-refractivity contribution < 1.29 is 0 Å². The van der Waals surface area contributed by atoms with Gasteiger partial charge in [-0.25, -0.2) is 4.99 Å². The Morgan fingerprint density at radius 3 is 1.04 bits per heavy atom. The molecule has 0 bridgehead atoms. The number of hydrogen-bond donors (Lipinski definition) is 1. The standard InChI is InChI=1S/C63H40N6/c64-62(68-57-33-15-9-27-49(57)50-28-10-16-34-58(50)68)66-63(69-59-35-17-11-29-51(59)52-30-12-18-36-60(52)69)65-39-40-37-53-45-23-5-3-21-43(45)41-19-1-2-20-42(41)44-22-4-6-24-46(44)54(53)38-61(40)67-55-31-13-7-25-47(55)48-26-8-14-32-56(48)67/h1-39,64H. The molecule has 3 aromatic heterocycles. The van der Waals surface area contributed by atoms with Gasteiger partial charge in [-0.3, -0.25) is 14.5 Å². The molecule has 3 heterocycles. The molecule has 0 saturated heterocycles. The molecule has 1 aliphatic carbocycles. The van der Waals surface area contributed by atoms with Gasteiger partial charge in [-0.2, -0.15) is 4.99 Å². The zero-order valence-electron chi connectivity index (χ0n) is 37.3. The normalized spacial score (nSPS) is 12.4. The first-order chi connectivity index (χ1) is 34.2. The van der Waals surface area contributed by atoms with E-state index < -0.39 is 0 Å². The fraction of sp³-hybridized carbons (Fsp3) is 0. The van der Waals surface area contributed by atoms with Gasteiger partial charge >= 0.3 is 0 Å². The largest absolute Gasteiger partial charge is 0.309 e.